The number of benzene rings is 1. The van der Waals surface area contributed by atoms with Crippen molar-refractivity contribution < 1.29 is 22.0 Å². The monoisotopic (exact) mass is 318 g/mol. The van der Waals surface area contributed by atoms with E-state index in [2.05, 4.69) is 0 Å². The number of carbonyl (C=O) groups is 1. The Hall–Kier alpha value is -1.54. The van der Waals surface area contributed by atoms with E-state index in [4.69, 9.17) is 5.14 Å². The molecule has 1 amide bonds. The first-order valence-corrected chi connectivity index (χ1v) is 8.09. The van der Waals surface area contributed by atoms with E-state index in [9.17, 15) is 22.0 Å². The maximum absolute atomic E-state index is 13.8. The molecule has 1 aromatic rings. The van der Waals surface area contributed by atoms with Crippen LogP contribution in [-0.2, 0) is 10.0 Å². The summed E-state index contributed by atoms with van der Waals surface area (Å²) in [5, 5.41) is 4.87. The molecule has 8 heteroatoms. The molecule has 2 N–H and O–H groups in total. The van der Waals surface area contributed by atoms with Crippen LogP contribution in [0.5, 0.6) is 0 Å². The summed E-state index contributed by atoms with van der Waals surface area (Å²) in [6.45, 7) is 2.29. The summed E-state index contributed by atoms with van der Waals surface area (Å²) >= 11 is 0. The minimum absolute atomic E-state index is 0.0753. The Kier molecular flexibility index (Phi) is 4.29. The number of rotatable bonds is 2. The second kappa shape index (κ2) is 5.69. The first-order valence-electron chi connectivity index (χ1n) is 6.54. The molecule has 116 valence electrons. The van der Waals surface area contributed by atoms with E-state index in [0.717, 1.165) is 19.3 Å². The summed E-state index contributed by atoms with van der Waals surface area (Å²) in [4.78, 5) is 12.9. The third-order valence-electron chi connectivity index (χ3n) is 3.62. The van der Waals surface area contributed by atoms with Gasteiger partial charge in [-0.15, -0.1) is 0 Å². The number of primary sulfonamides is 1. The van der Waals surface area contributed by atoms with Crippen molar-refractivity contribution in [2.24, 2.45) is 5.14 Å². The topological polar surface area (TPSA) is 80.5 Å². The summed E-state index contributed by atoms with van der Waals surface area (Å²) in [5.41, 5.74) is -0.478. The number of nitrogens with two attached hydrogens (primary N) is 1. The normalized spacial score (nSPS) is 19.6. The van der Waals surface area contributed by atoms with E-state index in [1.807, 2.05) is 6.92 Å². The third-order valence-corrected chi connectivity index (χ3v) is 4.55. The van der Waals surface area contributed by atoms with Crippen molar-refractivity contribution in [2.45, 2.75) is 37.1 Å². The number of amides is 1. The predicted molar refractivity (Wildman–Crippen MR) is 72.1 cm³/mol. The second-order valence-corrected chi connectivity index (χ2v) is 6.68. The van der Waals surface area contributed by atoms with Gasteiger partial charge in [0.1, 0.15) is 16.5 Å². The maximum atomic E-state index is 13.8. The summed E-state index contributed by atoms with van der Waals surface area (Å²) in [6, 6.07) is 0.972. The quantitative estimate of drug-likeness (QED) is 0.900. The van der Waals surface area contributed by atoms with Crippen molar-refractivity contribution >= 4 is 15.9 Å². The smallest absolute Gasteiger partial charge is 0.257 e. The van der Waals surface area contributed by atoms with Crippen molar-refractivity contribution in [3.63, 3.8) is 0 Å². The van der Waals surface area contributed by atoms with Crippen molar-refractivity contribution in [2.75, 3.05) is 6.54 Å². The summed E-state index contributed by atoms with van der Waals surface area (Å²) in [6.07, 6.45) is 2.55. The fourth-order valence-corrected chi connectivity index (χ4v) is 3.08. The van der Waals surface area contributed by atoms with E-state index in [1.165, 1.54) is 4.90 Å². The van der Waals surface area contributed by atoms with Crippen LogP contribution >= 0.6 is 0 Å². The standard InChI is InChI=1S/C13H16F2N2O3S/c1-8-4-2-3-5-17(8)13(18)9-6-12(21(16,19)20)11(15)7-10(9)14/h6-8H,2-5H2,1H3,(H2,16,19,20). The number of carbonyl (C=O) groups excluding carboxylic acids is 1. The number of hydrogen-bond donors (Lipinski definition) is 1. The van der Waals surface area contributed by atoms with Gasteiger partial charge in [-0.25, -0.2) is 22.3 Å². The van der Waals surface area contributed by atoms with Crippen molar-refractivity contribution in [1.82, 2.24) is 4.90 Å². The van der Waals surface area contributed by atoms with Crippen molar-refractivity contribution in [3.8, 4) is 0 Å². The van der Waals surface area contributed by atoms with E-state index in [1.54, 1.807) is 0 Å². The van der Waals surface area contributed by atoms with Crippen molar-refractivity contribution in [1.29, 1.82) is 0 Å². The number of likely N-dealkylation sites (tertiary alicyclic amines) is 1. The highest BCUT2D eigenvalue weighted by Gasteiger charge is 2.28. The fourth-order valence-electron chi connectivity index (χ4n) is 2.47. The molecule has 1 fully saturated rings. The van der Waals surface area contributed by atoms with Gasteiger partial charge in [-0.2, -0.15) is 0 Å². The van der Waals surface area contributed by atoms with Crippen LogP contribution in [0.2, 0.25) is 0 Å². The van der Waals surface area contributed by atoms with E-state index in [-0.39, 0.29) is 6.04 Å². The molecule has 5 nitrogen and oxygen atoms in total. The Morgan fingerprint density at radius 1 is 1.29 bits per heavy atom. The SMILES string of the molecule is CC1CCCCN1C(=O)c1cc(S(N)(=O)=O)c(F)cc1F. The maximum Gasteiger partial charge on any atom is 0.257 e. The molecule has 1 aliphatic heterocycles. The van der Waals surface area contributed by atoms with Crippen LogP contribution in [0.4, 0.5) is 8.78 Å². The minimum Gasteiger partial charge on any atom is -0.336 e. The third kappa shape index (κ3) is 3.21. The van der Waals surface area contributed by atoms with Gasteiger partial charge in [0.2, 0.25) is 10.0 Å². The molecule has 1 aromatic carbocycles. The lowest BCUT2D eigenvalue weighted by molar-refractivity contribution is 0.0630. The highest BCUT2D eigenvalue weighted by Crippen LogP contribution is 2.23. The zero-order valence-electron chi connectivity index (χ0n) is 11.5. The zero-order valence-corrected chi connectivity index (χ0v) is 12.3. The molecule has 0 aromatic heterocycles. The number of hydrogen-bond acceptors (Lipinski definition) is 3. The van der Waals surface area contributed by atoms with Crippen LogP contribution in [0.25, 0.3) is 0 Å². The Balaban J connectivity index is 2.46. The molecular formula is C13H16F2N2O3S. The van der Waals surface area contributed by atoms with Crippen LogP contribution in [0.3, 0.4) is 0 Å². The predicted octanol–water partition coefficient (Wildman–Crippen LogP) is 1.63. The average molecular weight is 318 g/mol. The van der Waals surface area contributed by atoms with Crippen LogP contribution in [0.15, 0.2) is 17.0 Å². The number of sulfonamides is 1. The van der Waals surface area contributed by atoms with Gasteiger partial charge in [0, 0.05) is 18.7 Å². The molecule has 1 atom stereocenters. The molecule has 0 bridgehead atoms. The highest BCUT2D eigenvalue weighted by molar-refractivity contribution is 7.89. The minimum atomic E-state index is -4.36. The first kappa shape index (κ1) is 15.8. The molecular weight excluding hydrogens is 302 g/mol. The van der Waals surface area contributed by atoms with Gasteiger partial charge < -0.3 is 4.90 Å². The largest absolute Gasteiger partial charge is 0.336 e. The lowest BCUT2D eigenvalue weighted by Gasteiger charge is -2.33. The highest BCUT2D eigenvalue weighted by atomic mass is 32.2. The number of halogens is 2. The van der Waals surface area contributed by atoms with Crippen LogP contribution in [-0.4, -0.2) is 31.8 Å². The molecule has 0 saturated carbocycles. The molecule has 1 aliphatic rings. The van der Waals surface area contributed by atoms with Crippen LogP contribution in [0, 0.1) is 11.6 Å². The Morgan fingerprint density at radius 2 is 1.95 bits per heavy atom. The van der Waals surface area contributed by atoms with Crippen LogP contribution < -0.4 is 5.14 Å². The molecule has 1 heterocycles. The van der Waals surface area contributed by atoms with Gasteiger partial charge in [-0.05, 0) is 32.3 Å². The van der Waals surface area contributed by atoms with Gasteiger partial charge in [-0.3, -0.25) is 4.79 Å². The van der Waals surface area contributed by atoms with Gasteiger partial charge >= 0.3 is 0 Å². The lowest BCUT2D eigenvalue weighted by Crippen LogP contribution is -2.42. The van der Waals surface area contributed by atoms with E-state index >= 15 is 0 Å². The van der Waals surface area contributed by atoms with Crippen LogP contribution in [0.1, 0.15) is 36.5 Å². The Bertz CT molecular complexity index is 676. The Labute approximate surface area is 121 Å². The van der Waals surface area contributed by atoms with Gasteiger partial charge in [-0.1, -0.05) is 0 Å². The zero-order chi connectivity index (χ0) is 15.8. The molecule has 0 radical (unpaired) electrons. The molecule has 1 saturated heterocycles. The van der Waals surface area contributed by atoms with Crippen molar-refractivity contribution in [3.05, 3.63) is 29.3 Å². The summed E-state index contributed by atoms with van der Waals surface area (Å²) < 4.78 is 49.9. The molecule has 21 heavy (non-hydrogen) atoms. The van der Waals surface area contributed by atoms with Gasteiger partial charge in [0.15, 0.2) is 0 Å². The van der Waals surface area contributed by atoms with E-state index in [0.29, 0.717) is 18.7 Å². The average Bonchev–Trinajstić information content (AvgIpc) is 2.37. The molecule has 0 aliphatic carbocycles. The molecule has 1 unspecified atom stereocenters. The molecule has 2 rings (SSSR count). The van der Waals surface area contributed by atoms with Gasteiger partial charge in [0.25, 0.3) is 5.91 Å². The summed E-state index contributed by atoms with van der Waals surface area (Å²) in [5.74, 6) is -3.05. The van der Waals surface area contributed by atoms with E-state index < -0.39 is 38.0 Å². The number of piperidine rings is 1. The fraction of sp³-hybridized carbons (Fsp3) is 0.462. The Morgan fingerprint density at radius 3 is 2.52 bits per heavy atom. The summed E-state index contributed by atoms with van der Waals surface area (Å²) in [7, 11) is -4.36. The number of nitrogens with zero attached hydrogens (tertiary/aromatic N) is 1. The first-order chi connectivity index (χ1) is 9.71. The van der Waals surface area contributed by atoms with Gasteiger partial charge in [0.05, 0.1) is 5.56 Å². The second-order valence-electron chi connectivity index (χ2n) is 5.15. The molecule has 0 spiro atoms. The lowest BCUT2D eigenvalue weighted by atomic mass is 10.0.